The van der Waals surface area contributed by atoms with Gasteiger partial charge in [-0.1, -0.05) is 25.7 Å². The topological polar surface area (TPSA) is 26.7 Å². The van der Waals surface area contributed by atoms with Gasteiger partial charge in [0.25, 0.3) is 0 Å². The molecule has 2 heterocycles. The minimum Gasteiger partial charge on any atom is -0.396 e. The number of hydrogen-bond donors (Lipinski definition) is 1. The van der Waals surface area contributed by atoms with Crippen molar-refractivity contribution in [1.82, 2.24) is 9.80 Å². The number of piperazine rings is 1. The lowest BCUT2D eigenvalue weighted by molar-refractivity contribution is -0.0301. The monoisotopic (exact) mass is 280 g/mol. The average molecular weight is 280 g/mol. The van der Waals surface area contributed by atoms with Gasteiger partial charge >= 0.3 is 0 Å². The van der Waals surface area contributed by atoms with E-state index in [0.29, 0.717) is 12.6 Å². The minimum absolute atomic E-state index is 0.212. The number of fused-ring (bicyclic) bond motifs is 1. The van der Waals surface area contributed by atoms with Crippen molar-refractivity contribution in [3.8, 4) is 0 Å². The van der Waals surface area contributed by atoms with Crippen LogP contribution < -0.4 is 0 Å². The number of hydrogen-bond acceptors (Lipinski definition) is 3. The van der Waals surface area contributed by atoms with Gasteiger partial charge in [0.2, 0.25) is 0 Å². The van der Waals surface area contributed by atoms with Crippen LogP contribution >= 0.6 is 0 Å². The second-order valence-corrected chi connectivity index (χ2v) is 7.64. The van der Waals surface area contributed by atoms with Crippen LogP contribution in [-0.4, -0.2) is 59.8 Å². The second-order valence-electron chi connectivity index (χ2n) is 7.64. The molecule has 2 aliphatic heterocycles. The summed E-state index contributed by atoms with van der Waals surface area (Å²) in [6.45, 7) is 7.71. The Bertz CT molecular complexity index is 314. The third-order valence-electron chi connectivity index (χ3n) is 6.10. The molecule has 2 saturated heterocycles. The van der Waals surface area contributed by atoms with Crippen molar-refractivity contribution < 1.29 is 5.11 Å². The van der Waals surface area contributed by atoms with Crippen LogP contribution in [0.4, 0.5) is 0 Å². The highest BCUT2D eigenvalue weighted by atomic mass is 16.3. The predicted octanol–water partition coefficient (Wildman–Crippen LogP) is 2.49. The maximum absolute atomic E-state index is 9.95. The summed E-state index contributed by atoms with van der Waals surface area (Å²) in [5.41, 5.74) is 0.212. The van der Waals surface area contributed by atoms with Crippen molar-refractivity contribution in [2.24, 2.45) is 5.41 Å². The van der Waals surface area contributed by atoms with Gasteiger partial charge in [-0.05, 0) is 39.2 Å². The SMILES string of the molecule is CC1CN2CCCCC2CN1CC1(CO)CCCCC1. The van der Waals surface area contributed by atoms with E-state index in [9.17, 15) is 5.11 Å². The minimum atomic E-state index is 0.212. The lowest BCUT2D eigenvalue weighted by Gasteiger charge is -2.50. The highest BCUT2D eigenvalue weighted by Gasteiger charge is 2.38. The van der Waals surface area contributed by atoms with Crippen LogP contribution in [0.2, 0.25) is 0 Å². The van der Waals surface area contributed by atoms with E-state index >= 15 is 0 Å². The molecule has 1 saturated carbocycles. The van der Waals surface area contributed by atoms with Crippen LogP contribution in [0.3, 0.4) is 0 Å². The van der Waals surface area contributed by atoms with Gasteiger partial charge in [-0.3, -0.25) is 9.80 Å². The lowest BCUT2D eigenvalue weighted by Crippen LogP contribution is -2.60. The van der Waals surface area contributed by atoms with Crippen LogP contribution in [0.25, 0.3) is 0 Å². The summed E-state index contributed by atoms with van der Waals surface area (Å²) < 4.78 is 0. The smallest absolute Gasteiger partial charge is 0.0499 e. The molecule has 0 radical (unpaired) electrons. The molecule has 0 bridgehead atoms. The quantitative estimate of drug-likeness (QED) is 0.860. The van der Waals surface area contributed by atoms with E-state index in [0.717, 1.165) is 12.6 Å². The molecule has 3 heteroatoms. The molecule has 2 atom stereocenters. The van der Waals surface area contributed by atoms with E-state index in [1.165, 1.54) is 71.0 Å². The van der Waals surface area contributed by atoms with Gasteiger partial charge in [0.15, 0.2) is 0 Å². The molecular weight excluding hydrogens is 248 g/mol. The van der Waals surface area contributed by atoms with Crippen LogP contribution in [0.5, 0.6) is 0 Å². The molecule has 0 amide bonds. The van der Waals surface area contributed by atoms with Crippen LogP contribution in [0.1, 0.15) is 58.3 Å². The van der Waals surface area contributed by atoms with E-state index in [-0.39, 0.29) is 5.41 Å². The number of aliphatic hydroxyl groups excluding tert-OH is 1. The first-order chi connectivity index (χ1) is 9.72. The van der Waals surface area contributed by atoms with Crippen LogP contribution in [-0.2, 0) is 0 Å². The maximum Gasteiger partial charge on any atom is 0.0499 e. The number of nitrogens with zero attached hydrogens (tertiary/aromatic N) is 2. The fourth-order valence-corrected chi connectivity index (χ4v) is 4.73. The lowest BCUT2D eigenvalue weighted by atomic mass is 9.74. The highest BCUT2D eigenvalue weighted by molar-refractivity contribution is 4.93. The molecular formula is C17H32N2O. The van der Waals surface area contributed by atoms with Gasteiger partial charge in [0.05, 0.1) is 0 Å². The molecule has 2 unspecified atom stereocenters. The normalized spacial score (nSPS) is 35.7. The van der Waals surface area contributed by atoms with Crippen molar-refractivity contribution in [2.45, 2.75) is 70.4 Å². The molecule has 20 heavy (non-hydrogen) atoms. The number of aliphatic hydroxyl groups is 1. The fourth-order valence-electron chi connectivity index (χ4n) is 4.73. The van der Waals surface area contributed by atoms with Crippen molar-refractivity contribution >= 4 is 0 Å². The van der Waals surface area contributed by atoms with Gasteiger partial charge < -0.3 is 5.11 Å². The van der Waals surface area contributed by atoms with Crippen molar-refractivity contribution in [3.63, 3.8) is 0 Å². The first-order valence-corrected chi connectivity index (χ1v) is 8.81. The average Bonchev–Trinajstić information content (AvgIpc) is 2.49. The van der Waals surface area contributed by atoms with Gasteiger partial charge in [0.1, 0.15) is 0 Å². The molecule has 1 aliphatic carbocycles. The molecule has 0 aromatic carbocycles. The zero-order valence-electron chi connectivity index (χ0n) is 13.2. The Balaban J connectivity index is 1.63. The molecule has 3 rings (SSSR count). The molecule has 0 aromatic heterocycles. The standard InChI is InChI=1S/C17H32N2O/c1-15-11-18-10-6-3-7-16(18)12-19(15)13-17(14-20)8-4-2-5-9-17/h15-16,20H,2-14H2,1H3. The number of piperidine rings is 1. The number of rotatable bonds is 3. The molecule has 0 spiro atoms. The van der Waals surface area contributed by atoms with Crippen molar-refractivity contribution in [3.05, 3.63) is 0 Å². The van der Waals surface area contributed by atoms with Crippen LogP contribution in [0.15, 0.2) is 0 Å². The molecule has 0 aromatic rings. The van der Waals surface area contributed by atoms with Gasteiger partial charge in [-0.15, -0.1) is 0 Å². The fraction of sp³-hybridized carbons (Fsp3) is 1.00. The predicted molar refractivity (Wildman–Crippen MR) is 82.9 cm³/mol. The summed E-state index contributed by atoms with van der Waals surface area (Å²) in [4.78, 5) is 5.42. The molecule has 116 valence electrons. The third-order valence-corrected chi connectivity index (χ3v) is 6.10. The highest BCUT2D eigenvalue weighted by Crippen LogP contribution is 2.38. The largest absolute Gasteiger partial charge is 0.396 e. The Hall–Kier alpha value is -0.120. The second kappa shape index (κ2) is 6.33. The Morgan fingerprint density at radius 1 is 1.05 bits per heavy atom. The van der Waals surface area contributed by atoms with Gasteiger partial charge in [0, 0.05) is 43.7 Å². The summed E-state index contributed by atoms with van der Waals surface area (Å²) in [5.74, 6) is 0. The molecule has 1 N–H and O–H groups in total. The van der Waals surface area contributed by atoms with E-state index in [1.807, 2.05) is 0 Å². The van der Waals surface area contributed by atoms with Crippen molar-refractivity contribution in [2.75, 3.05) is 32.8 Å². The van der Waals surface area contributed by atoms with E-state index in [4.69, 9.17) is 0 Å². The summed E-state index contributed by atoms with van der Waals surface area (Å²) in [6.07, 6.45) is 10.7. The zero-order chi connectivity index (χ0) is 14.0. The van der Waals surface area contributed by atoms with Crippen molar-refractivity contribution in [1.29, 1.82) is 0 Å². The first-order valence-electron chi connectivity index (χ1n) is 8.81. The van der Waals surface area contributed by atoms with E-state index in [2.05, 4.69) is 16.7 Å². The third kappa shape index (κ3) is 3.05. The molecule has 3 aliphatic rings. The van der Waals surface area contributed by atoms with E-state index < -0.39 is 0 Å². The Morgan fingerprint density at radius 3 is 2.60 bits per heavy atom. The molecule has 3 nitrogen and oxygen atoms in total. The van der Waals surface area contributed by atoms with E-state index in [1.54, 1.807) is 0 Å². The summed E-state index contributed by atoms with van der Waals surface area (Å²) in [5, 5.41) is 9.95. The maximum atomic E-state index is 9.95. The first kappa shape index (κ1) is 14.8. The summed E-state index contributed by atoms with van der Waals surface area (Å²) in [7, 11) is 0. The van der Waals surface area contributed by atoms with Gasteiger partial charge in [-0.2, -0.15) is 0 Å². The summed E-state index contributed by atoms with van der Waals surface area (Å²) in [6, 6.07) is 1.45. The van der Waals surface area contributed by atoms with Crippen LogP contribution in [0, 0.1) is 5.41 Å². The summed E-state index contributed by atoms with van der Waals surface area (Å²) >= 11 is 0. The Labute approximate surface area is 124 Å². The van der Waals surface area contributed by atoms with Gasteiger partial charge in [-0.25, -0.2) is 0 Å². The molecule has 3 fully saturated rings. The Morgan fingerprint density at radius 2 is 1.85 bits per heavy atom. The zero-order valence-corrected chi connectivity index (χ0v) is 13.2. The Kier molecular flexibility index (Phi) is 4.68.